The number of aromatic nitrogens is 2. The first-order valence-electron chi connectivity index (χ1n) is 13.4. The van der Waals surface area contributed by atoms with Gasteiger partial charge in [-0.1, -0.05) is 13.8 Å². The van der Waals surface area contributed by atoms with Gasteiger partial charge in [0, 0.05) is 24.2 Å². The van der Waals surface area contributed by atoms with Gasteiger partial charge in [-0.15, -0.1) is 0 Å². The summed E-state index contributed by atoms with van der Waals surface area (Å²) in [5.74, 6) is 0.608. The van der Waals surface area contributed by atoms with Crippen molar-refractivity contribution < 1.29 is 22.7 Å². The average molecular weight is 571 g/mol. The number of nitrogen functional groups attached to an aromatic ring is 1. The maximum Gasteiger partial charge on any atom is 0.407 e. The standard InChI is InChI=1S/C28H38N6O5S/c1-27(2,3)39-26(35)33-17-7-9-18(10-8-17)38-21-12-11-19-20(24(21)40(36,37)34(6)14-13-29)15-28(4,5)22-23(19)31-16-32-25(22)30/h11-12,16-18H,7-10,14-15H2,1-6H3,(H,33,35)(H2,30,31,32)/t17-,18-. The summed E-state index contributed by atoms with van der Waals surface area (Å²) < 4.78 is 40.6. The Kier molecular flexibility index (Phi) is 8.02. The molecule has 216 valence electrons. The number of alkyl carbamates (subject to hydrolysis) is 1. The van der Waals surface area contributed by atoms with Gasteiger partial charge in [-0.2, -0.15) is 9.57 Å². The van der Waals surface area contributed by atoms with Crippen molar-refractivity contribution in [3.63, 3.8) is 0 Å². The minimum absolute atomic E-state index is 0.0488. The van der Waals surface area contributed by atoms with Crippen LogP contribution in [-0.4, -0.2) is 60.1 Å². The zero-order chi connectivity index (χ0) is 29.5. The molecule has 40 heavy (non-hydrogen) atoms. The van der Waals surface area contributed by atoms with Crippen LogP contribution in [0.5, 0.6) is 5.75 Å². The Labute approximate surface area is 236 Å². The largest absolute Gasteiger partial charge is 0.489 e. The molecule has 2 aliphatic rings. The van der Waals surface area contributed by atoms with Gasteiger partial charge in [0.1, 0.15) is 34.9 Å². The predicted molar refractivity (Wildman–Crippen MR) is 150 cm³/mol. The van der Waals surface area contributed by atoms with E-state index in [0.29, 0.717) is 54.7 Å². The molecule has 1 aromatic heterocycles. The molecule has 0 spiro atoms. The van der Waals surface area contributed by atoms with E-state index in [1.54, 1.807) is 6.07 Å². The number of fused-ring (bicyclic) bond motifs is 3. The number of carbonyl (C=O) groups is 1. The summed E-state index contributed by atoms with van der Waals surface area (Å²) in [7, 11) is -2.71. The number of nitriles is 1. The van der Waals surface area contributed by atoms with Crippen LogP contribution in [0.25, 0.3) is 11.3 Å². The Morgan fingerprint density at radius 2 is 1.90 bits per heavy atom. The molecule has 2 aromatic rings. The number of nitrogens with one attached hydrogen (secondary N) is 1. The number of carbonyl (C=O) groups excluding carboxylic acids is 1. The van der Waals surface area contributed by atoms with Crippen molar-refractivity contribution in [2.75, 3.05) is 19.3 Å². The second kappa shape index (κ2) is 10.9. The third-order valence-electron chi connectivity index (χ3n) is 7.30. The summed E-state index contributed by atoms with van der Waals surface area (Å²) in [4.78, 5) is 20.9. The summed E-state index contributed by atoms with van der Waals surface area (Å²) in [6, 6.07) is 5.36. The Hall–Kier alpha value is -3.43. The van der Waals surface area contributed by atoms with Crippen molar-refractivity contribution in [3.05, 3.63) is 29.6 Å². The quantitative estimate of drug-likeness (QED) is 0.491. The number of amides is 1. The first-order chi connectivity index (χ1) is 18.6. The number of hydrogen-bond acceptors (Lipinski definition) is 9. The Morgan fingerprint density at radius 1 is 1.23 bits per heavy atom. The van der Waals surface area contributed by atoms with E-state index in [9.17, 15) is 18.5 Å². The summed E-state index contributed by atoms with van der Waals surface area (Å²) in [6.07, 6.45) is 3.64. The van der Waals surface area contributed by atoms with Gasteiger partial charge in [-0.05, 0) is 76.0 Å². The van der Waals surface area contributed by atoms with E-state index in [0.717, 1.165) is 9.87 Å². The lowest BCUT2D eigenvalue weighted by Crippen LogP contribution is -2.42. The van der Waals surface area contributed by atoms with E-state index in [-0.39, 0.29) is 29.3 Å². The molecular weight excluding hydrogens is 532 g/mol. The number of rotatable bonds is 6. The van der Waals surface area contributed by atoms with Crippen LogP contribution >= 0.6 is 0 Å². The van der Waals surface area contributed by atoms with Crippen LogP contribution < -0.4 is 15.8 Å². The lowest BCUT2D eigenvalue weighted by molar-refractivity contribution is 0.0469. The fraction of sp³-hybridized carbons (Fsp3) is 0.571. The van der Waals surface area contributed by atoms with E-state index < -0.39 is 27.1 Å². The van der Waals surface area contributed by atoms with Crippen LogP contribution in [0.15, 0.2) is 23.4 Å². The Balaban J connectivity index is 1.67. The first-order valence-corrected chi connectivity index (χ1v) is 14.8. The Bertz CT molecular complexity index is 1440. The van der Waals surface area contributed by atoms with Crippen molar-refractivity contribution in [1.82, 2.24) is 19.6 Å². The van der Waals surface area contributed by atoms with Crippen LogP contribution in [0.4, 0.5) is 10.6 Å². The van der Waals surface area contributed by atoms with Crippen LogP contribution in [-0.2, 0) is 26.6 Å². The number of ether oxygens (including phenoxy) is 2. The zero-order valence-electron chi connectivity index (χ0n) is 23.9. The molecule has 11 nitrogen and oxygen atoms in total. The van der Waals surface area contributed by atoms with Gasteiger partial charge in [0.2, 0.25) is 10.0 Å². The molecule has 4 rings (SSSR count). The molecule has 12 heteroatoms. The maximum absolute atomic E-state index is 13.9. The van der Waals surface area contributed by atoms with Gasteiger partial charge in [0.05, 0.1) is 17.9 Å². The van der Waals surface area contributed by atoms with Crippen molar-refractivity contribution in [2.24, 2.45) is 0 Å². The number of nitrogens with two attached hydrogens (primary N) is 1. The van der Waals surface area contributed by atoms with E-state index in [2.05, 4.69) is 15.3 Å². The van der Waals surface area contributed by atoms with Crippen molar-refractivity contribution >= 4 is 21.9 Å². The van der Waals surface area contributed by atoms with Gasteiger partial charge in [-0.3, -0.25) is 0 Å². The van der Waals surface area contributed by atoms with E-state index in [1.807, 2.05) is 46.8 Å². The molecule has 1 saturated carbocycles. The molecule has 1 heterocycles. The third kappa shape index (κ3) is 6.00. The molecule has 0 saturated heterocycles. The zero-order valence-corrected chi connectivity index (χ0v) is 24.8. The molecule has 1 amide bonds. The van der Waals surface area contributed by atoms with E-state index >= 15 is 0 Å². The molecule has 0 unspecified atom stereocenters. The second-order valence-electron chi connectivity index (χ2n) is 12.1. The summed E-state index contributed by atoms with van der Waals surface area (Å²) >= 11 is 0. The first kappa shape index (κ1) is 29.6. The molecule has 0 atom stereocenters. The second-order valence-corrected chi connectivity index (χ2v) is 14.1. The fourth-order valence-electron chi connectivity index (χ4n) is 5.50. The maximum atomic E-state index is 13.9. The van der Waals surface area contributed by atoms with Gasteiger partial charge in [-0.25, -0.2) is 23.2 Å². The summed E-state index contributed by atoms with van der Waals surface area (Å²) in [6.45, 7) is 9.11. The topological polar surface area (TPSA) is 161 Å². The molecule has 3 N–H and O–H groups in total. The minimum atomic E-state index is -4.09. The van der Waals surface area contributed by atoms with Gasteiger partial charge >= 0.3 is 6.09 Å². The molecule has 1 fully saturated rings. The molecule has 1 aromatic carbocycles. The van der Waals surface area contributed by atoms with Crippen LogP contribution in [0.2, 0.25) is 0 Å². The third-order valence-corrected chi connectivity index (χ3v) is 9.22. The van der Waals surface area contributed by atoms with Crippen LogP contribution in [0, 0.1) is 11.3 Å². The highest BCUT2D eigenvalue weighted by molar-refractivity contribution is 7.89. The minimum Gasteiger partial charge on any atom is -0.489 e. The summed E-state index contributed by atoms with van der Waals surface area (Å²) in [5.41, 5.74) is 7.73. The van der Waals surface area contributed by atoms with Crippen molar-refractivity contribution in [1.29, 1.82) is 5.26 Å². The van der Waals surface area contributed by atoms with Crippen LogP contribution in [0.3, 0.4) is 0 Å². The van der Waals surface area contributed by atoms with Gasteiger partial charge < -0.3 is 20.5 Å². The number of benzene rings is 1. The highest BCUT2D eigenvalue weighted by atomic mass is 32.2. The molecule has 0 radical (unpaired) electrons. The van der Waals surface area contributed by atoms with Crippen molar-refractivity contribution in [2.45, 2.75) is 94.8 Å². The summed E-state index contributed by atoms with van der Waals surface area (Å²) in [5, 5.41) is 12.2. The smallest absolute Gasteiger partial charge is 0.407 e. The highest BCUT2D eigenvalue weighted by Crippen LogP contribution is 2.48. The van der Waals surface area contributed by atoms with Gasteiger partial charge in [0.15, 0.2) is 0 Å². The number of hydrogen-bond donors (Lipinski definition) is 2. The SMILES string of the molecule is CN(CC#N)S(=O)(=O)c1c(O[C@H]2CC[C@H](NC(=O)OC(C)(C)C)CC2)ccc2c1CC(C)(C)c1c(N)ncnc1-2. The number of nitrogens with zero attached hydrogens (tertiary/aromatic N) is 4. The molecule has 0 bridgehead atoms. The normalized spacial score (nSPS) is 20.1. The van der Waals surface area contributed by atoms with Crippen LogP contribution in [0.1, 0.15) is 71.4 Å². The molecule has 0 aliphatic heterocycles. The lowest BCUT2D eigenvalue weighted by Gasteiger charge is -2.36. The average Bonchev–Trinajstić information content (AvgIpc) is 2.83. The van der Waals surface area contributed by atoms with Crippen molar-refractivity contribution in [3.8, 4) is 23.1 Å². The highest BCUT2D eigenvalue weighted by Gasteiger charge is 2.40. The Morgan fingerprint density at radius 3 is 2.52 bits per heavy atom. The van der Waals surface area contributed by atoms with E-state index in [4.69, 9.17) is 15.2 Å². The van der Waals surface area contributed by atoms with Gasteiger partial charge in [0.25, 0.3) is 0 Å². The van der Waals surface area contributed by atoms with E-state index in [1.165, 1.54) is 13.4 Å². The monoisotopic (exact) mass is 570 g/mol. The fourth-order valence-corrected chi connectivity index (χ4v) is 6.90. The molecule has 2 aliphatic carbocycles. The number of anilines is 1. The lowest BCUT2D eigenvalue weighted by atomic mass is 9.72. The molecular formula is C28H38N6O5S. The number of sulfonamides is 1. The predicted octanol–water partition coefficient (Wildman–Crippen LogP) is 3.92.